The molecule has 6 nitrogen and oxygen atoms in total. The number of pyridine rings is 2. The van der Waals surface area contributed by atoms with Crippen LogP contribution in [-0.4, -0.2) is 23.0 Å². The summed E-state index contributed by atoms with van der Waals surface area (Å²) in [5.74, 6) is 0.551. The van der Waals surface area contributed by atoms with Crippen LogP contribution in [-0.2, 0) is 11.2 Å². The minimum Gasteiger partial charge on any atom is -0.497 e. The Labute approximate surface area is 161 Å². The number of benzene rings is 2. The second kappa shape index (κ2) is 7.52. The number of anilines is 1. The van der Waals surface area contributed by atoms with Crippen molar-refractivity contribution in [1.82, 2.24) is 9.97 Å². The largest absolute Gasteiger partial charge is 0.497 e. The number of aryl methyl sites for hydroxylation is 1. The number of hydrogen-bond donors (Lipinski definition) is 2. The summed E-state index contributed by atoms with van der Waals surface area (Å²) >= 11 is 0. The van der Waals surface area contributed by atoms with Crippen LogP contribution in [0, 0.1) is 0 Å². The van der Waals surface area contributed by atoms with Gasteiger partial charge in [0.25, 0.3) is 5.56 Å². The Balaban J connectivity index is 1.51. The molecule has 140 valence electrons. The molecule has 0 atom stereocenters. The van der Waals surface area contributed by atoms with Crippen LogP contribution in [0.5, 0.6) is 5.75 Å². The smallest absolute Gasteiger partial charge is 0.251 e. The van der Waals surface area contributed by atoms with Crippen molar-refractivity contribution < 1.29 is 9.53 Å². The third-order valence-corrected chi connectivity index (χ3v) is 4.66. The van der Waals surface area contributed by atoms with Gasteiger partial charge in [0.05, 0.1) is 18.3 Å². The molecular weight excluding hydrogens is 354 g/mol. The fraction of sp³-hybridized carbons (Fsp3) is 0.136. The molecule has 2 aromatic heterocycles. The summed E-state index contributed by atoms with van der Waals surface area (Å²) in [7, 11) is 1.60. The summed E-state index contributed by atoms with van der Waals surface area (Å²) in [5.41, 5.74) is 2.53. The summed E-state index contributed by atoms with van der Waals surface area (Å²) in [5, 5.41) is 4.72. The fourth-order valence-corrected chi connectivity index (χ4v) is 3.21. The highest BCUT2D eigenvalue weighted by Gasteiger charge is 2.10. The van der Waals surface area contributed by atoms with Gasteiger partial charge < -0.3 is 15.0 Å². The van der Waals surface area contributed by atoms with Gasteiger partial charge in [0.1, 0.15) is 5.75 Å². The van der Waals surface area contributed by atoms with Crippen molar-refractivity contribution in [3.05, 3.63) is 76.7 Å². The number of nitrogens with zero attached hydrogens (tertiary/aromatic N) is 1. The van der Waals surface area contributed by atoms with Gasteiger partial charge in [-0.3, -0.25) is 14.6 Å². The van der Waals surface area contributed by atoms with E-state index in [-0.39, 0.29) is 17.9 Å². The number of aromatic amines is 1. The Hall–Kier alpha value is -3.67. The van der Waals surface area contributed by atoms with Gasteiger partial charge in [-0.2, -0.15) is 0 Å². The Morgan fingerprint density at radius 1 is 1.11 bits per heavy atom. The molecule has 2 N–H and O–H groups in total. The van der Waals surface area contributed by atoms with E-state index < -0.39 is 0 Å². The SMILES string of the molecule is COc1ccc2[nH]c(=O)c(CCC(=O)Nc3cccc4cccnc34)cc2c1. The summed E-state index contributed by atoms with van der Waals surface area (Å²) < 4.78 is 5.23. The van der Waals surface area contributed by atoms with Crippen LogP contribution in [0.25, 0.3) is 21.8 Å². The lowest BCUT2D eigenvalue weighted by Crippen LogP contribution is -2.17. The zero-order valence-corrected chi connectivity index (χ0v) is 15.4. The number of fused-ring (bicyclic) bond motifs is 2. The number of methoxy groups -OCH3 is 1. The molecule has 2 heterocycles. The number of carbonyl (C=O) groups is 1. The maximum absolute atomic E-state index is 12.4. The van der Waals surface area contributed by atoms with Crippen LogP contribution >= 0.6 is 0 Å². The molecule has 0 saturated carbocycles. The second-order valence-electron chi connectivity index (χ2n) is 6.51. The number of para-hydroxylation sites is 1. The monoisotopic (exact) mass is 373 g/mol. The predicted molar refractivity (Wildman–Crippen MR) is 110 cm³/mol. The topological polar surface area (TPSA) is 84.1 Å². The maximum Gasteiger partial charge on any atom is 0.251 e. The molecule has 28 heavy (non-hydrogen) atoms. The highest BCUT2D eigenvalue weighted by Crippen LogP contribution is 2.21. The van der Waals surface area contributed by atoms with Gasteiger partial charge in [-0.1, -0.05) is 18.2 Å². The Morgan fingerprint density at radius 2 is 1.96 bits per heavy atom. The first-order valence-electron chi connectivity index (χ1n) is 8.97. The summed E-state index contributed by atoms with van der Waals surface area (Å²) in [6.07, 6.45) is 2.23. The normalized spacial score (nSPS) is 10.9. The zero-order valence-electron chi connectivity index (χ0n) is 15.4. The van der Waals surface area contributed by atoms with Crippen LogP contribution in [0.2, 0.25) is 0 Å². The number of nitrogens with one attached hydrogen (secondary N) is 2. The number of amides is 1. The third kappa shape index (κ3) is 3.57. The van der Waals surface area contributed by atoms with Gasteiger partial charge in [0.2, 0.25) is 5.91 Å². The molecule has 1 amide bonds. The molecular formula is C22H19N3O3. The van der Waals surface area contributed by atoms with E-state index in [1.54, 1.807) is 25.4 Å². The molecule has 4 rings (SSSR count). The fourth-order valence-electron chi connectivity index (χ4n) is 3.21. The van der Waals surface area contributed by atoms with E-state index in [1.165, 1.54) is 0 Å². The van der Waals surface area contributed by atoms with Gasteiger partial charge >= 0.3 is 0 Å². The van der Waals surface area contributed by atoms with E-state index in [2.05, 4.69) is 15.3 Å². The molecule has 0 bridgehead atoms. The number of rotatable bonds is 5. The number of hydrogen-bond acceptors (Lipinski definition) is 4. The van der Waals surface area contributed by atoms with Crippen molar-refractivity contribution in [1.29, 1.82) is 0 Å². The molecule has 0 saturated heterocycles. The van der Waals surface area contributed by atoms with Gasteiger partial charge in [-0.05, 0) is 42.8 Å². The lowest BCUT2D eigenvalue weighted by Gasteiger charge is -2.08. The van der Waals surface area contributed by atoms with E-state index in [0.717, 1.165) is 21.8 Å². The van der Waals surface area contributed by atoms with E-state index in [4.69, 9.17) is 4.74 Å². The minimum atomic E-state index is -0.183. The van der Waals surface area contributed by atoms with Crippen molar-refractivity contribution in [2.24, 2.45) is 0 Å². The molecule has 0 aliphatic carbocycles. The lowest BCUT2D eigenvalue weighted by molar-refractivity contribution is -0.116. The molecule has 2 aromatic carbocycles. The molecule has 6 heteroatoms. The number of aromatic nitrogens is 2. The van der Waals surface area contributed by atoms with E-state index in [1.807, 2.05) is 42.5 Å². The number of carbonyl (C=O) groups excluding carboxylic acids is 1. The van der Waals surface area contributed by atoms with Crippen LogP contribution in [0.3, 0.4) is 0 Å². The standard InChI is InChI=1S/C22H19N3O3/c1-28-17-8-9-18-16(13-17)12-15(22(27)25-18)7-10-20(26)24-19-6-2-4-14-5-3-11-23-21(14)19/h2-6,8-9,11-13H,7,10H2,1H3,(H,24,26)(H,25,27). The van der Waals surface area contributed by atoms with Gasteiger partial charge in [0.15, 0.2) is 0 Å². The Kier molecular flexibility index (Phi) is 4.76. The Morgan fingerprint density at radius 3 is 2.82 bits per heavy atom. The number of H-pyrrole nitrogens is 1. The summed E-state index contributed by atoms with van der Waals surface area (Å²) in [6.45, 7) is 0. The molecule has 0 aliphatic rings. The van der Waals surface area contributed by atoms with Crippen molar-refractivity contribution in [3.63, 3.8) is 0 Å². The van der Waals surface area contributed by atoms with Crippen molar-refractivity contribution >= 4 is 33.4 Å². The first-order chi connectivity index (χ1) is 13.6. The molecule has 0 spiro atoms. The van der Waals surface area contributed by atoms with E-state index >= 15 is 0 Å². The Bertz CT molecular complexity index is 1230. The first-order valence-corrected chi connectivity index (χ1v) is 8.97. The average molecular weight is 373 g/mol. The van der Waals surface area contributed by atoms with Crippen LogP contribution in [0.15, 0.2) is 65.6 Å². The molecule has 0 fully saturated rings. The molecule has 0 unspecified atom stereocenters. The highest BCUT2D eigenvalue weighted by molar-refractivity contribution is 6.00. The third-order valence-electron chi connectivity index (χ3n) is 4.66. The van der Waals surface area contributed by atoms with Crippen LogP contribution in [0.4, 0.5) is 5.69 Å². The zero-order chi connectivity index (χ0) is 19.5. The second-order valence-corrected chi connectivity index (χ2v) is 6.51. The van der Waals surface area contributed by atoms with Crippen molar-refractivity contribution in [3.8, 4) is 5.75 Å². The number of ether oxygens (including phenoxy) is 1. The first kappa shape index (κ1) is 17.7. The van der Waals surface area contributed by atoms with E-state index in [0.29, 0.717) is 23.4 Å². The summed E-state index contributed by atoms with van der Waals surface area (Å²) in [6, 6.07) is 16.7. The van der Waals surface area contributed by atoms with Crippen LogP contribution < -0.4 is 15.6 Å². The minimum absolute atomic E-state index is 0.164. The van der Waals surface area contributed by atoms with Gasteiger partial charge in [-0.15, -0.1) is 0 Å². The lowest BCUT2D eigenvalue weighted by atomic mass is 10.1. The molecule has 0 radical (unpaired) electrons. The van der Waals surface area contributed by atoms with Gasteiger partial charge in [-0.25, -0.2) is 0 Å². The van der Waals surface area contributed by atoms with Gasteiger partial charge in [0, 0.05) is 34.5 Å². The molecule has 0 aliphatic heterocycles. The summed E-state index contributed by atoms with van der Waals surface area (Å²) in [4.78, 5) is 31.9. The van der Waals surface area contributed by atoms with Crippen LogP contribution in [0.1, 0.15) is 12.0 Å². The maximum atomic E-state index is 12.4. The predicted octanol–water partition coefficient (Wildman–Crippen LogP) is 3.66. The quantitative estimate of drug-likeness (QED) is 0.559. The molecule has 4 aromatic rings. The average Bonchev–Trinajstić information content (AvgIpc) is 2.72. The highest BCUT2D eigenvalue weighted by atomic mass is 16.5. The van der Waals surface area contributed by atoms with Crippen molar-refractivity contribution in [2.75, 3.05) is 12.4 Å². The van der Waals surface area contributed by atoms with E-state index in [9.17, 15) is 9.59 Å². The van der Waals surface area contributed by atoms with Crippen molar-refractivity contribution in [2.45, 2.75) is 12.8 Å².